The van der Waals surface area contributed by atoms with Crippen LogP contribution in [0.25, 0.3) is 0 Å². The quantitative estimate of drug-likeness (QED) is 0.507. The first-order chi connectivity index (χ1) is 5.92. The van der Waals surface area contributed by atoms with Crippen LogP contribution in [-0.4, -0.2) is 24.5 Å². The lowest BCUT2D eigenvalue weighted by Gasteiger charge is -1.98. The van der Waals surface area contributed by atoms with Crippen molar-refractivity contribution < 1.29 is 17.8 Å². The molecular formula is C8H16O4S. The first kappa shape index (κ1) is 12.6. The summed E-state index contributed by atoms with van der Waals surface area (Å²) in [7, 11) is -3.79. The lowest BCUT2D eigenvalue weighted by atomic mass is 10.1. The van der Waals surface area contributed by atoms with Gasteiger partial charge in [-0.3, -0.25) is 4.55 Å². The second-order valence-electron chi connectivity index (χ2n) is 3.15. The average Bonchev–Trinajstić information content (AvgIpc) is 1.93. The Morgan fingerprint density at radius 3 is 2.15 bits per heavy atom. The standard InChI is InChI=1S/C8H16O4S/c1-8(9)6-4-2-3-5-7-13(10,11)12/h2-7H2,1H3,(H,10,11,12). The summed E-state index contributed by atoms with van der Waals surface area (Å²) < 4.78 is 28.9. The molecule has 1 N–H and O–H groups in total. The third-order valence-corrected chi connectivity index (χ3v) is 2.49. The highest BCUT2D eigenvalue weighted by Gasteiger charge is 2.02. The van der Waals surface area contributed by atoms with Gasteiger partial charge >= 0.3 is 0 Å². The molecule has 0 unspecified atom stereocenters. The molecule has 0 fully saturated rings. The average molecular weight is 208 g/mol. The molecule has 0 saturated carbocycles. The minimum Gasteiger partial charge on any atom is -0.300 e. The van der Waals surface area contributed by atoms with E-state index in [-0.39, 0.29) is 11.5 Å². The van der Waals surface area contributed by atoms with Crippen LogP contribution in [0, 0.1) is 0 Å². The summed E-state index contributed by atoms with van der Waals surface area (Å²) in [6, 6.07) is 0. The molecule has 0 radical (unpaired) electrons. The van der Waals surface area contributed by atoms with E-state index >= 15 is 0 Å². The van der Waals surface area contributed by atoms with E-state index in [0.29, 0.717) is 12.8 Å². The molecule has 0 aromatic carbocycles. The van der Waals surface area contributed by atoms with E-state index < -0.39 is 10.1 Å². The van der Waals surface area contributed by atoms with Gasteiger partial charge < -0.3 is 4.79 Å². The van der Waals surface area contributed by atoms with E-state index in [1.54, 1.807) is 0 Å². The summed E-state index contributed by atoms with van der Waals surface area (Å²) in [5.41, 5.74) is 0. The van der Waals surface area contributed by atoms with Gasteiger partial charge in [-0.25, -0.2) is 0 Å². The Morgan fingerprint density at radius 1 is 1.15 bits per heavy atom. The molecule has 78 valence electrons. The molecule has 4 nitrogen and oxygen atoms in total. The third-order valence-electron chi connectivity index (χ3n) is 1.68. The van der Waals surface area contributed by atoms with E-state index in [1.807, 2.05) is 0 Å². The molecule has 0 saturated heterocycles. The smallest absolute Gasteiger partial charge is 0.264 e. The Morgan fingerprint density at radius 2 is 1.69 bits per heavy atom. The van der Waals surface area contributed by atoms with Gasteiger partial charge in [-0.2, -0.15) is 8.42 Å². The van der Waals surface area contributed by atoms with E-state index in [1.165, 1.54) is 6.92 Å². The largest absolute Gasteiger partial charge is 0.300 e. The van der Waals surface area contributed by atoms with Crippen LogP contribution in [0.4, 0.5) is 0 Å². The first-order valence-corrected chi connectivity index (χ1v) is 5.97. The van der Waals surface area contributed by atoms with Crippen LogP contribution >= 0.6 is 0 Å². The van der Waals surface area contributed by atoms with Crippen molar-refractivity contribution in [3.05, 3.63) is 0 Å². The molecule has 0 aromatic rings. The molecule has 0 aromatic heterocycles. The Kier molecular flexibility index (Phi) is 5.90. The summed E-state index contributed by atoms with van der Waals surface area (Å²) in [6.07, 6.45) is 3.42. The Bertz CT molecular complexity index is 243. The fraction of sp³-hybridized carbons (Fsp3) is 0.875. The fourth-order valence-electron chi connectivity index (χ4n) is 1.01. The van der Waals surface area contributed by atoms with Gasteiger partial charge in [0.15, 0.2) is 0 Å². The van der Waals surface area contributed by atoms with Crippen LogP contribution < -0.4 is 0 Å². The maximum atomic E-state index is 10.5. The van der Waals surface area contributed by atoms with Gasteiger partial charge in [0.2, 0.25) is 0 Å². The Hall–Kier alpha value is -0.420. The summed E-state index contributed by atoms with van der Waals surface area (Å²) in [4.78, 5) is 10.5. The topological polar surface area (TPSA) is 71.4 Å². The van der Waals surface area contributed by atoms with Crippen molar-refractivity contribution in [3.63, 3.8) is 0 Å². The van der Waals surface area contributed by atoms with Crippen molar-refractivity contribution in [3.8, 4) is 0 Å². The fourth-order valence-corrected chi connectivity index (χ4v) is 1.58. The molecule has 0 amide bonds. The van der Waals surface area contributed by atoms with Gasteiger partial charge in [-0.15, -0.1) is 0 Å². The monoisotopic (exact) mass is 208 g/mol. The Balaban J connectivity index is 3.23. The van der Waals surface area contributed by atoms with Gasteiger partial charge in [0, 0.05) is 6.42 Å². The summed E-state index contributed by atoms with van der Waals surface area (Å²) >= 11 is 0. The maximum Gasteiger partial charge on any atom is 0.264 e. The minimum absolute atomic E-state index is 0.162. The maximum absolute atomic E-state index is 10.5. The lowest BCUT2D eigenvalue weighted by Crippen LogP contribution is -2.03. The van der Waals surface area contributed by atoms with Crippen LogP contribution in [0.2, 0.25) is 0 Å². The molecule has 0 aliphatic heterocycles. The molecule has 13 heavy (non-hydrogen) atoms. The van der Waals surface area contributed by atoms with E-state index in [0.717, 1.165) is 19.3 Å². The molecule has 0 spiro atoms. The predicted molar refractivity (Wildman–Crippen MR) is 50.2 cm³/mol. The van der Waals surface area contributed by atoms with E-state index in [9.17, 15) is 13.2 Å². The van der Waals surface area contributed by atoms with Crippen molar-refractivity contribution in [1.82, 2.24) is 0 Å². The Labute approximate surface area is 79.1 Å². The van der Waals surface area contributed by atoms with E-state index in [2.05, 4.69) is 0 Å². The van der Waals surface area contributed by atoms with Crippen molar-refractivity contribution in [2.75, 3.05) is 5.75 Å². The third kappa shape index (κ3) is 11.6. The van der Waals surface area contributed by atoms with Gasteiger partial charge in [0.25, 0.3) is 10.1 Å². The van der Waals surface area contributed by atoms with Gasteiger partial charge in [0.1, 0.15) is 5.78 Å². The van der Waals surface area contributed by atoms with Gasteiger partial charge in [-0.05, 0) is 19.8 Å². The highest BCUT2D eigenvalue weighted by atomic mass is 32.2. The molecule has 0 aliphatic rings. The van der Waals surface area contributed by atoms with Crippen molar-refractivity contribution >= 4 is 15.9 Å². The molecule has 0 aliphatic carbocycles. The number of Topliss-reactive ketones (excluding diaryl/α,β-unsaturated/α-hetero) is 1. The zero-order chi connectivity index (χ0) is 10.3. The van der Waals surface area contributed by atoms with Crippen LogP contribution in [0.5, 0.6) is 0 Å². The molecule has 0 heterocycles. The molecule has 0 atom stereocenters. The van der Waals surface area contributed by atoms with Crippen LogP contribution in [0.3, 0.4) is 0 Å². The van der Waals surface area contributed by atoms with E-state index in [4.69, 9.17) is 4.55 Å². The van der Waals surface area contributed by atoms with Crippen molar-refractivity contribution in [2.24, 2.45) is 0 Å². The lowest BCUT2D eigenvalue weighted by molar-refractivity contribution is -0.117. The van der Waals surface area contributed by atoms with Crippen molar-refractivity contribution in [2.45, 2.75) is 39.0 Å². The number of carbonyl (C=O) groups is 1. The zero-order valence-corrected chi connectivity index (χ0v) is 8.64. The van der Waals surface area contributed by atoms with Crippen LogP contribution in [0.1, 0.15) is 39.0 Å². The SMILES string of the molecule is CC(=O)CCCCCCS(=O)(=O)O. The number of carbonyl (C=O) groups excluding carboxylic acids is 1. The number of unbranched alkanes of at least 4 members (excludes halogenated alkanes) is 3. The molecule has 0 rings (SSSR count). The highest BCUT2D eigenvalue weighted by Crippen LogP contribution is 2.04. The number of ketones is 1. The van der Waals surface area contributed by atoms with Crippen LogP contribution in [-0.2, 0) is 14.9 Å². The summed E-state index contributed by atoms with van der Waals surface area (Å²) in [5, 5.41) is 0. The second-order valence-corrected chi connectivity index (χ2v) is 4.72. The first-order valence-electron chi connectivity index (χ1n) is 4.36. The minimum atomic E-state index is -3.79. The molecular weight excluding hydrogens is 192 g/mol. The summed E-state index contributed by atoms with van der Waals surface area (Å²) in [6.45, 7) is 1.54. The summed E-state index contributed by atoms with van der Waals surface area (Å²) in [5.74, 6) is -0.0117. The van der Waals surface area contributed by atoms with Crippen molar-refractivity contribution in [1.29, 1.82) is 0 Å². The molecule has 0 bridgehead atoms. The van der Waals surface area contributed by atoms with Gasteiger partial charge in [0.05, 0.1) is 5.75 Å². The second kappa shape index (κ2) is 6.10. The number of rotatable bonds is 7. The normalized spacial score (nSPS) is 11.5. The zero-order valence-electron chi connectivity index (χ0n) is 7.82. The number of hydrogen-bond donors (Lipinski definition) is 1. The predicted octanol–water partition coefficient (Wildman–Crippen LogP) is 1.41. The number of hydrogen-bond acceptors (Lipinski definition) is 3. The van der Waals surface area contributed by atoms with Gasteiger partial charge in [-0.1, -0.05) is 12.8 Å². The molecule has 5 heteroatoms. The highest BCUT2D eigenvalue weighted by molar-refractivity contribution is 7.85. The van der Waals surface area contributed by atoms with Crippen LogP contribution in [0.15, 0.2) is 0 Å².